The van der Waals surface area contributed by atoms with Gasteiger partial charge in [0.05, 0.1) is 46.9 Å². The Morgan fingerprint density at radius 3 is 2.16 bits per heavy atom. The molecule has 1 aromatic carbocycles. The second-order valence-electron chi connectivity index (χ2n) is 20.9. The first-order valence-electron chi connectivity index (χ1n) is 24.2. The van der Waals surface area contributed by atoms with E-state index in [-0.39, 0.29) is 43.0 Å². The molecule has 6 N–H and O–H groups in total. The minimum atomic E-state index is -4.15. The number of aliphatic hydroxyl groups excluding tert-OH is 2. The highest BCUT2D eigenvalue weighted by atomic mass is 35.5. The molecule has 0 aliphatic carbocycles. The summed E-state index contributed by atoms with van der Waals surface area (Å²) in [6.07, 6.45) is -6.92. The Morgan fingerprint density at radius 1 is 0.940 bits per heavy atom. The van der Waals surface area contributed by atoms with Gasteiger partial charge in [0.2, 0.25) is 10.0 Å². The van der Waals surface area contributed by atoms with Crippen molar-refractivity contribution in [2.24, 2.45) is 17.8 Å². The van der Waals surface area contributed by atoms with Crippen LogP contribution in [-0.4, -0.2) is 179 Å². The average Bonchev–Trinajstić information content (AvgIpc) is 3.27. The Hall–Kier alpha value is -1.59. The molecule has 1 aromatic rings. The Kier molecular flexibility index (Phi) is 18.9. The number of nitrogens with zero attached hydrogens (tertiary/aromatic N) is 2. The van der Waals surface area contributed by atoms with Crippen LogP contribution in [0.5, 0.6) is 0 Å². The minimum absolute atomic E-state index is 0.0208. The van der Waals surface area contributed by atoms with Crippen molar-refractivity contribution in [1.29, 1.82) is 0 Å². The van der Waals surface area contributed by atoms with Crippen LogP contribution in [0.4, 0.5) is 0 Å². The van der Waals surface area contributed by atoms with Gasteiger partial charge < -0.3 is 64.2 Å². The van der Waals surface area contributed by atoms with E-state index < -0.39 is 118 Å². The molecule has 0 unspecified atom stereocenters. The second-order valence-corrected chi connectivity index (χ2v) is 23.3. The van der Waals surface area contributed by atoms with E-state index in [1.165, 1.54) is 45.3 Å². The van der Waals surface area contributed by atoms with E-state index in [1.54, 1.807) is 48.5 Å². The lowest BCUT2D eigenvalue weighted by atomic mass is 9.74. The first kappa shape index (κ1) is 56.3. The molecule has 0 radical (unpaired) electrons. The number of cyclic esters (lactones) is 1. The molecule has 386 valence electrons. The van der Waals surface area contributed by atoms with Crippen molar-refractivity contribution in [2.45, 2.75) is 209 Å². The van der Waals surface area contributed by atoms with Crippen molar-refractivity contribution >= 4 is 27.6 Å². The largest absolute Gasteiger partial charge is 0.459 e. The standard InChI is InChI=1S/C48H82ClN3O14S/c1-13-37-47(10,57)41(54)32(6)50-26-28(2)24-45(8,56)42(66-44-39(53)36(23-29(3)62-44)51(11)67(59,60)35-19-17-34(49)18-20-35)30(4)40(31(5)43(55)64-37)65-38-25-46(9,61-12)48(58,33(7)63-38)27-52-21-15-14-16-22-52/h17-20,28-33,36-42,44,50,53-54,56-58H,13-16,21-27H2,1-12H3/t28-,29-,30+,31-,32-,33+,36+,37-,38+,39-,40+,41-,42-,44+,45-,46-,47-,48+/m1/s1. The number of ether oxygens (including phenoxy) is 6. The van der Waals surface area contributed by atoms with Crippen LogP contribution in [0.25, 0.3) is 0 Å². The summed E-state index contributed by atoms with van der Waals surface area (Å²) in [4.78, 5) is 16.8. The molecule has 4 heterocycles. The smallest absolute Gasteiger partial charge is 0.311 e. The van der Waals surface area contributed by atoms with Gasteiger partial charge in [0.15, 0.2) is 12.6 Å². The fourth-order valence-electron chi connectivity index (χ4n) is 11.0. The van der Waals surface area contributed by atoms with Crippen LogP contribution in [0.15, 0.2) is 29.2 Å². The number of aliphatic hydroxyl groups is 5. The number of carbonyl (C=O) groups excluding carboxylic acids is 1. The molecule has 19 heteroatoms. The molecule has 17 nitrogen and oxygen atoms in total. The molecule has 0 spiro atoms. The maximum atomic E-state index is 14.6. The lowest BCUT2D eigenvalue weighted by molar-refractivity contribution is -0.339. The number of likely N-dealkylation sites (tertiary alicyclic amines) is 1. The van der Waals surface area contributed by atoms with Gasteiger partial charge in [0.1, 0.15) is 35.1 Å². The summed E-state index contributed by atoms with van der Waals surface area (Å²) in [5.74, 6) is -3.12. The monoisotopic (exact) mass is 992 g/mol. The first-order chi connectivity index (χ1) is 31.1. The number of hydrogen-bond acceptors (Lipinski definition) is 16. The maximum absolute atomic E-state index is 14.6. The van der Waals surface area contributed by atoms with Crippen molar-refractivity contribution in [1.82, 2.24) is 14.5 Å². The number of esters is 1. The molecule has 0 aromatic heterocycles. The molecule has 4 saturated heterocycles. The van der Waals surface area contributed by atoms with E-state index in [4.69, 9.17) is 40.0 Å². The zero-order valence-electron chi connectivity index (χ0n) is 41.8. The van der Waals surface area contributed by atoms with Gasteiger partial charge in [-0.2, -0.15) is 4.31 Å². The molecule has 4 aliphatic heterocycles. The summed E-state index contributed by atoms with van der Waals surface area (Å²) in [5.41, 5.74) is -6.27. The Morgan fingerprint density at radius 2 is 1.57 bits per heavy atom. The van der Waals surface area contributed by atoms with Gasteiger partial charge in [-0.05, 0) is 130 Å². The number of hydrogen-bond donors (Lipinski definition) is 6. The summed E-state index contributed by atoms with van der Waals surface area (Å²) < 4.78 is 67.8. The summed E-state index contributed by atoms with van der Waals surface area (Å²) in [5, 5.41) is 64.3. The van der Waals surface area contributed by atoms with E-state index in [2.05, 4.69) is 10.2 Å². The van der Waals surface area contributed by atoms with Crippen molar-refractivity contribution in [2.75, 3.05) is 40.3 Å². The van der Waals surface area contributed by atoms with E-state index >= 15 is 0 Å². The number of methoxy groups -OCH3 is 1. The van der Waals surface area contributed by atoms with Gasteiger partial charge >= 0.3 is 5.97 Å². The summed E-state index contributed by atoms with van der Waals surface area (Å²) in [6, 6.07) is 4.03. The SMILES string of the molecule is CC[C@H]1OC(=O)[C@H](C)[C@@H](O[C@H]2C[C@@](C)(OC)[C@](O)(CN3CCCCC3)[C@H](C)O2)[C@H](C)[C@@H](O[C@@H]2O[C@H](C)C[C@H](N(C)S(=O)(=O)c3ccc(Cl)cc3)[C@H]2O)[C@](C)(O)C[C@@H](C)CN[C@H](C)[C@@H](O)[C@]1(C)O. The van der Waals surface area contributed by atoms with E-state index in [1.807, 2.05) is 13.8 Å². The van der Waals surface area contributed by atoms with Crippen LogP contribution in [0.1, 0.15) is 114 Å². The molecular weight excluding hydrogens is 910 g/mol. The lowest BCUT2D eigenvalue weighted by Crippen LogP contribution is -2.70. The molecule has 0 saturated carbocycles. The second kappa shape index (κ2) is 22.4. The normalized spacial score (nSPS) is 43.8. The van der Waals surface area contributed by atoms with Crippen LogP contribution in [0.3, 0.4) is 0 Å². The Labute approximate surface area is 404 Å². The van der Waals surface area contributed by atoms with Crippen molar-refractivity contribution in [3.8, 4) is 0 Å². The molecule has 67 heavy (non-hydrogen) atoms. The Balaban J connectivity index is 1.56. The van der Waals surface area contributed by atoms with E-state index in [0.717, 1.165) is 36.7 Å². The molecule has 0 bridgehead atoms. The van der Waals surface area contributed by atoms with Crippen LogP contribution < -0.4 is 5.32 Å². The highest BCUT2D eigenvalue weighted by Gasteiger charge is 2.59. The van der Waals surface area contributed by atoms with Gasteiger partial charge in [0.25, 0.3) is 0 Å². The lowest BCUT2D eigenvalue weighted by Gasteiger charge is -2.55. The predicted octanol–water partition coefficient (Wildman–Crippen LogP) is 3.83. The zero-order chi connectivity index (χ0) is 50.0. The van der Waals surface area contributed by atoms with E-state index in [0.29, 0.717) is 11.6 Å². The van der Waals surface area contributed by atoms with Crippen LogP contribution >= 0.6 is 11.6 Å². The number of likely N-dealkylation sites (N-methyl/N-ethyl adjacent to an activating group) is 1. The average molecular weight is 993 g/mol. The topological polar surface area (TPSA) is 226 Å². The third kappa shape index (κ3) is 12.4. The quantitative estimate of drug-likeness (QED) is 0.173. The summed E-state index contributed by atoms with van der Waals surface area (Å²) >= 11 is 6.07. The van der Waals surface area contributed by atoms with Gasteiger partial charge in [0, 0.05) is 44.1 Å². The van der Waals surface area contributed by atoms with Crippen molar-refractivity contribution < 1.29 is 67.2 Å². The number of benzene rings is 1. The maximum Gasteiger partial charge on any atom is 0.311 e. The fourth-order valence-corrected chi connectivity index (χ4v) is 12.5. The highest BCUT2D eigenvalue weighted by molar-refractivity contribution is 7.89. The number of piperidine rings is 1. The number of nitrogens with one attached hydrogen (secondary N) is 1. The number of sulfonamides is 1. The molecule has 5 rings (SSSR count). The van der Waals surface area contributed by atoms with Crippen LogP contribution in [0.2, 0.25) is 5.02 Å². The third-order valence-electron chi connectivity index (χ3n) is 15.4. The molecular formula is C48H82ClN3O14S. The van der Waals surface area contributed by atoms with Crippen molar-refractivity contribution in [3.05, 3.63) is 29.3 Å². The minimum Gasteiger partial charge on any atom is -0.459 e. The third-order valence-corrected chi connectivity index (χ3v) is 17.6. The number of halogens is 1. The van der Waals surface area contributed by atoms with Gasteiger partial charge in [-0.25, -0.2) is 8.42 Å². The highest BCUT2D eigenvalue weighted by Crippen LogP contribution is 2.44. The van der Waals surface area contributed by atoms with Crippen LogP contribution in [0, 0.1) is 17.8 Å². The zero-order valence-corrected chi connectivity index (χ0v) is 43.3. The molecule has 18 atom stereocenters. The van der Waals surface area contributed by atoms with Crippen molar-refractivity contribution in [3.63, 3.8) is 0 Å². The Bertz CT molecular complexity index is 1880. The van der Waals surface area contributed by atoms with Gasteiger partial charge in [-0.3, -0.25) is 4.79 Å². The number of rotatable bonds is 11. The molecule has 4 fully saturated rings. The number of β-amino-alcohol motifs (C(OH)–C–C–N with tert-alkyl or cyclic N) is 1. The fraction of sp³-hybridized carbons (Fsp3) is 0.854. The van der Waals surface area contributed by atoms with E-state index in [9.17, 15) is 38.7 Å². The van der Waals surface area contributed by atoms with Gasteiger partial charge in [-0.15, -0.1) is 0 Å². The molecule has 4 aliphatic rings. The number of carbonyl (C=O) groups is 1. The first-order valence-corrected chi connectivity index (χ1v) is 26.0. The van der Waals surface area contributed by atoms with Gasteiger partial charge in [-0.1, -0.05) is 38.8 Å². The summed E-state index contributed by atoms with van der Waals surface area (Å²) in [7, 11) is -1.23. The molecule has 0 amide bonds. The predicted molar refractivity (Wildman–Crippen MR) is 251 cm³/mol. The van der Waals surface area contributed by atoms with Crippen LogP contribution in [-0.2, 0) is 43.2 Å². The summed E-state index contributed by atoms with van der Waals surface area (Å²) in [6.45, 7) is 19.3.